The van der Waals surface area contributed by atoms with Crippen LogP contribution >= 0.6 is 23.1 Å². The van der Waals surface area contributed by atoms with E-state index in [-0.39, 0.29) is 5.25 Å². The van der Waals surface area contributed by atoms with Crippen molar-refractivity contribution in [1.29, 1.82) is 5.26 Å². The van der Waals surface area contributed by atoms with Crippen molar-refractivity contribution in [3.8, 4) is 17.3 Å². The topological polar surface area (TPSA) is 36.7 Å². The fraction of sp³-hybridized carbons (Fsp3) is 0.158. The van der Waals surface area contributed by atoms with Gasteiger partial charge in [-0.3, -0.25) is 0 Å². The normalized spacial score (nSPS) is 11.8. The number of thiazole rings is 1. The Hall–Kier alpha value is -2.09. The van der Waals surface area contributed by atoms with Crippen LogP contribution in [0.1, 0.15) is 11.1 Å². The first-order valence-electron chi connectivity index (χ1n) is 7.37. The number of benzene rings is 2. The van der Waals surface area contributed by atoms with E-state index in [0.29, 0.717) is 0 Å². The Bertz CT molecular complexity index is 801. The number of aryl methyl sites for hydroxylation is 1. The Labute approximate surface area is 144 Å². The minimum atomic E-state index is -0.118. The second-order valence-electron chi connectivity index (χ2n) is 5.29. The predicted molar refractivity (Wildman–Crippen MR) is 97.7 cm³/mol. The summed E-state index contributed by atoms with van der Waals surface area (Å²) in [6.07, 6.45) is 0.738. The highest BCUT2D eigenvalue weighted by molar-refractivity contribution is 8.01. The minimum absolute atomic E-state index is 0.118. The molecular weight excluding hydrogens is 320 g/mol. The zero-order valence-corrected chi connectivity index (χ0v) is 14.4. The van der Waals surface area contributed by atoms with E-state index in [1.54, 1.807) is 23.1 Å². The third-order valence-corrected chi connectivity index (χ3v) is 5.54. The third kappa shape index (κ3) is 4.22. The molecule has 1 atom stereocenters. The monoisotopic (exact) mass is 336 g/mol. The second kappa shape index (κ2) is 7.45. The smallest absolute Gasteiger partial charge is 0.151 e. The van der Waals surface area contributed by atoms with Gasteiger partial charge in [0.05, 0.1) is 11.8 Å². The van der Waals surface area contributed by atoms with Gasteiger partial charge in [-0.2, -0.15) is 5.26 Å². The highest BCUT2D eigenvalue weighted by Crippen LogP contribution is 2.31. The van der Waals surface area contributed by atoms with E-state index in [4.69, 9.17) is 0 Å². The van der Waals surface area contributed by atoms with E-state index in [0.717, 1.165) is 22.0 Å². The van der Waals surface area contributed by atoms with Crippen LogP contribution in [0.15, 0.2) is 64.3 Å². The van der Waals surface area contributed by atoms with Crippen molar-refractivity contribution in [1.82, 2.24) is 4.98 Å². The van der Waals surface area contributed by atoms with Gasteiger partial charge < -0.3 is 0 Å². The molecule has 2 aromatic carbocycles. The van der Waals surface area contributed by atoms with E-state index in [9.17, 15) is 5.26 Å². The van der Waals surface area contributed by atoms with Crippen LogP contribution in [0.5, 0.6) is 0 Å². The lowest BCUT2D eigenvalue weighted by atomic mass is 10.1. The molecule has 0 N–H and O–H groups in total. The highest BCUT2D eigenvalue weighted by atomic mass is 32.2. The van der Waals surface area contributed by atoms with Crippen LogP contribution in [0.4, 0.5) is 0 Å². The molecule has 23 heavy (non-hydrogen) atoms. The molecule has 0 radical (unpaired) electrons. The van der Waals surface area contributed by atoms with Gasteiger partial charge in [-0.1, -0.05) is 71.9 Å². The van der Waals surface area contributed by atoms with Crippen LogP contribution in [-0.2, 0) is 6.42 Å². The molecular formula is C19H16N2S2. The first-order valence-corrected chi connectivity index (χ1v) is 9.13. The summed E-state index contributed by atoms with van der Waals surface area (Å²) >= 11 is 3.15. The number of hydrogen-bond donors (Lipinski definition) is 0. The number of thioether (sulfide) groups is 1. The average Bonchev–Trinajstić information content (AvgIpc) is 3.05. The van der Waals surface area contributed by atoms with E-state index in [1.165, 1.54) is 11.1 Å². The maximum atomic E-state index is 9.43. The summed E-state index contributed by atoms with van der Waals surface area (Å²) in [6, 6.07) is 20.9. The van der Waals surface area contributed by atoms with E-state index in [2.05, 4.69) is 59.8 Å². The molecule has 0 bridgehead atoms. The van der Waals surface area contributed by atoms with Crippen molar-refractivity contribution in [3.05, 3.63) is 71.1 Å². The molecule has 0 aliphatic heterocycles. The first-order chi connectivity index (χ1) is 11.2. The Morgan fingerprint density at radius 1 is 1.13 bits per heavy atom. The van der Waals surface area contributed by atoms with Crippen molar-refractivity contribution in [3.63, 3.8) is 0 Å². The maximum absolute atomic E-state index is 9.43. The number of hydrogen-bond acceptors (Lipinski definition) is 4. The highest BCUT2D eigenvalue weighted by Gasteiger charge is 2.14. The van der Waals surface area contributed by atoms with Gasteiger partial charge in [-0.15, -0.1) is 11.3 Å². The van der Waals surface area contributed by atoms with Crippen molar-refractivity contribution in [2.75, 3.05) is 0 Å². The average molecular weight is 336 g/mol. The van der Waals surface area contributed by atoms with Gasteiger partial charge in [0.15, 0.2) is 4.34 Å². The largest absolute Gasteiger partial charge is 0.230 e. The molecule has 3 rings (SSSR count). The molecule has 0 fully saturated rings. The maximum Gasteiger partial charge on any atom is 0.151 e. The van der Waals surface area contributed by atoms with Crippen molar-refractivity contribution in [2.24, 2.45) is 0 Å². The van der Waals surface area contributed by atoms with Crippen LogP contribution in [0, 0.1) is 18.3 Å². The standard InChI is InChI=1S/C19H16N2S2/c1-14-7-9-15(10-8-14)11-17(12-20)23-19-21-18(13-22-19)16-5-3-2-4-6-16/h2-10,13,17H,11H2,1H3. The molecule has 114 valence electrons. The van der Waals surface area contributed by atoms with Crippen molar-refractivity contribution >= 4 is 23.1 Å². The van der Waals surface area contributed by atoms with Crippen LogP contribution in [0.25, 0.3) is 11.3 Å². The third-order valence-electron chi connectivity index (χ3n) is 3.48. The lowest BCUT2D eigenvalue weighted by Gasteiger charge is -2.07. The molecule has 0 aliphatic carbocycles. The molecule has 0 amide bonds. The summed E-state index contributed by atoms with van der Waals surface area (Å²) < 4.78 is 0.947. The van der Waals surface area contributed by atoms with Gasteiger partial charge in [0.25, 0.3) is 0 Å². The molecule has 0 spiro atoms. The molecule has 0 saturated carbocycles. The Morgan fingerprint density at radius 2 is 1.87 bits per heavy atom. The molecule has 1 unspecified atom stereocenters. The Kier molecular flexibility index (Phi) is 5.12. The summed E-state index contributed by atoms with van der Waals surface area (Å²) in [4.78, 5) is 4.65. The lowest BCUT2D eigenvalue weighted by Crippen LogP contribution is -2.03. The molecule has 0 aliphatic rings. The minimum Gasteiger partial charge on any atom is -0.230 e. The fourth-order valence-corrected chi connectivity index (χ4v) is 4.22. The molecule has 2 nitrogen and oxygen atoms in total. The number of aromatic nitrogens is 1. The quantitative estimate of drug-likeness (QED) is 0.590. The second-order valence-corrected chi connectivity index (χ2v) is 7.60. The van der Waals surface area contributed by atoms with Gasteiger partial charge >= 0.3 is 0 Å². The Balaban J connectivity index is 1.69. The molecule has 3 aromatic rings. The van der Waals surface area contributed by atoms with Gasteiger partial charge in [0, 0.05) is 10.9 Å². The van der Waals surface area contributed by atoms with Gasteiger partial charge in [-0.25, -0.2) is 4.98 Å². The summed E-state index contributed by atoms with van der Waals surface area (Å²) in [7, 11) is 0. The van der Waals surface area contributed by atoms with Crippen LogP contribution in [0.2, 0.25) is 0 Å². The SMILES string of the molecule is Cc1ccc(CC(C#N)Sc2nc(-c3ccccc3)cs2)cc1. The van der Waals surface area contributed by atoms with Crippen molar-refractivity contribution in [2.45, 2.75) is 22.9 Å². The number of nitriles is 1. The summed E-state index contributed by atoms with van der Waals surface area (Å²) in [6.45, 7) is 2.07. The number of rotatable bonds is 5. The van der Waals surface area contributed by atoms with Gasteiger partial charge in [0.2, 0.25) is 0 Å². The van der Waals surface area contributed by atoms with Crippen LogP contribution in [0.3, 0.4) is 0 Å². The zero-order valence-electron chi connectivity index (χ0n) is 12.8. The first kappa shape index (κ1) is 15.8. The fourth-order valence-electron chi connectivity index (χ4n) is 2.23. The summed E-state index contributed by atoms with van der Waals surface area (Å²) in [5.74, 6) is 0. The van der Waals surface area contributed by atoms with E-state index >= 15 is 0 Å². The predicted octanol–water partition coefficient (Wildman–Crippen LogP) is 5.35. The van der Waals surface area contributed by atoms with Crippen molar-refractivity contribution < 1.29 is 0 Å². The summed E-state index contributed by atoms with van der Waals surface area (Å²) in [5, 5.41) is 11.4. The van der Waals surface area contributed by atoms with E-state index in [1.807, 2.05) is 18.2 Å². The zero-order chi connectivity index (χ0) is 16.1. The molecule has 0 saturated heterocycles. The van der Waals surface area contributed by atoms with Crippen LogP contribution < -0.4 is 0 Å². The van der Waals surface area contributed by atoms with E-state index < -0.39 is 0 Å². The summed E-state index contributed by atoms with van der Waals surface area (Å²) in [5.41, 5.74) is 4.52. The van der Waals surface area contributed by atoms with Gasteiger partial charge in [-0.05, 0) is 18.9 Å². The Morgan fingerprint density at radius 3 is 2.57 bits per heavy atom. The van der Waals surface area contributed by atoms with Gasteiger partial charge in [0.1, 0.15) is 5.25 Å². The molecule has 1 heterocycles. The van der Waals surface area contributed by atoms with Crippen LogP contribution in [-0.4, -0.2) is 10.2 Å². The molecule has 4 heteroatoms. The molecule has 1 aromatic heterocycles. The lowest BCUT2D eigenvalue weighted by molar-refractivity contribution is 1.02. The number of nitrogens with zero attached hydrogens (tertiary/aromatic N) is 2.